The second-order valence-corrected chi connectivity index (χ2v) is 3.86. The number of benzene rings is 1. The molecule has 1 aromatic carbocycles. The topological polar surface area (TPSA) is 79.9 Å². The van der Waals surface area contributed by atoms with Crippen molar-refractivity contribution in [3.05, 3.63) is 34.6 Å². The Morgan fingerprint density at radius 2 is 2.37 bits per heavy atom. The van der Waals surface area contributed by atoms with Gasteiger partial charge in [0, 0.05) is 0 Å². The molecule has 0 bridgehead atoms. The summed E-state index contributed by atoms with van der Waals surface area (Å²) in [6.07, 6.45) is 0. The van der Waals surface area contributed by atoms with Crippen molar-refractivity contribution in [3.63, 3.8) is 0 Å². The Balaban J connectivity index is 2.16. The number of nitrogens with zero attached hydrogens (tertiary/aromatic N) is 2. The number of aromatic nitrogens is 3. The maximum Gasteiger partial charge on any atom is 0.337 e. The van der Waals surface area contributed by atoms with Crippen molar-refractivity contribution in [2.75, 3.05) is 11.9 Å². The predicted octanol–water partition coefficient (Wildman–Crippen LogP) is 2.25. The zero-order valence-electron chi connectivity index (χ0n) is 9.91. The number of carbonyl (C=O) groups is 1. The number of nitrogens with one attached hydrogen (secondary N) is 2. The van der Waals surface area contributed by atoms with E-state index in [9.17, 15) is 9.18 Å². The van der Waals surface area contributed by atoms with E-state index in [2.05, 4.69) is 20.5 Å². The molecule has 0 fully saturated rings. The number of halogens is 2. The summed E-state index contributed by atoms with van der Waals surface area (Å²) in [5, 5.41) is 8.51. The van der Waals surface area contributed by atoms with Gasteiger partial charge in [0.1, 0.15) is 5.82 Å². The van der Waals surface area contributed by atoms with Crippen molar-refractivity contribution >= 4 is 23.5 Å². The summed E-state index contributed by atoms with van der Waals surface area (Å²) in [6, 6.07) is 4.08. The van der Waals surface area contributed by atoms with Gasteiger partial charge in [-0.05, 0) is 19.1 Å². The second kappa shape index (κ2) is 5.66. The Kier molecular flexibility index (Phi) is 3.96. The lowest BCUT2D eigenvalue weighted by Gasteiger charge is -2.04. The van der Waals surface area contributed by atoms with Gasteiger partial charge in [-0.25, -0.2) is 9.49 Å². The molecule has 19 heavy (non-hydrogen) atoms. The molecule has 1 aromatic heterocycles. The monoisotopic (exact) mass is 284 g/mol. The number of amides is 1. The summed E-state index contributed by atoms with van der Waals surface area (Å²) < 4.78 is 18.5. The molecule has 2 aromatic rings. The average molecular weight is 285 g/mol. The fourth-order valence-corrected chi connectivity index (χ4v) is 1.63. The van der Waals surface area contributed by atoms with E-state index in [0.717, 1.165) is 6.07 Å². The van der Waals surface area contributed by atoms with Gasteiger partial charge in [0.2, 0.25) is 5.95 Å². The summed E-state index contributed by atoms with van der Waals surface area (Å²) in [5.41, 5.74) is -0.251. The first-order chi connectivity index (χ1) is 9.11. The highest BCUT2D eigenvalue weighted by Gasteiger charge is 2.17. The third kappa shape index (κ3) is 3.00. The van der Waals surface area contributed by atoms with Crippen molar-refractivity contribution in [3.8, 4) is 6.01 Å². The van der Waals surface area contributed by atoms with Crippen LogP contribution in [-0.4, -0.2) is 27.7 Å². The maximum atomic E-state index is 13.5. The number of aromatic amines is 1. The molecule has 0 saturated heterocycles. The number of carbonyl (C=O) groups excluding carboxylic acids is 1. The zero-order chi connectivity index (χ0) is 13.8. The maximum absolute atomic E-state index is 13.5. The van der Waals surface area contributed by atoms with E-state index in [-0.39, 0.29) is 22.5 Å². The first kappa shape index (κ1) is 13.3. The van der Waals surface area contributed by atoms with Crippen LogP contribution in [0.1, 0.15) is 17.3 Å². The number of H-pyrrole nitrogens is 1. The van der Waals surface area contributed by atoms with Crippen LogP contribution in [0.5, 0.6) is 6.01 Å². The number of ether oxygens (including phenoxy) is 1. The van der Waals surface area contributed by atoms with Crippen molar-refractivity contribution < 1.29 is 13.9 Å². The van der Waals surface area contributed by atoms with Crippen molar-refractivity contribution in [1.82, 2.24) is 15.2 Å². The van der Waals surface area contributed by atoms with Crippen LogP contribution in [0.2, 0.25) is 5.02 Å². The first-order valence-corrected chi connectivity index (χ1v) is 5.80. The van der Waals surface area contributed by atoms with Gasteiger partial charge in [-0.1, -0.05) is 17.7 Å². The van der Waals surface area contributed by atoms with Crippen LogP contribution in [0.3, 0.4) is 0 Å². The quantitative estimate of drug-likeness (QED) is 0.902. The average Bonchev–Trinajstić information content (AvgIpc) is 2.77. The fourth-order valence-electron chi connectivity index (χ4n) is 1.38. The van der Waals surface area contributed by atoms with Crippen LogP contribution >= 0.6 is 11.6 Å². The van der Waals surface area contributed by atoms with Gasteiger partial charge in [-0.15, -0.1) is 5.10 Å². The number of hydrogen-bond donors (Lipinski definition) is 2. The molecule has 100 valence electrons. The van der Waals surface area contributed by atoms with Crippen molar-refractivity contribution in [2.24, 2.45) is 0 Å². The Morgan fingerprint density at radius 3 is 3.05 bits per heavy atom. The first-order valence-electron chi connectivity index (χ1n) is 5.42. The second-order valence-electron chi connectivity index (χ2n) is 3.45. The van der Waals surface area contributed by atoms with Gasteiger partial charge in [-0.3, -0.25) is 10.1 Å². The van der Waals surface area contributed by atoms with Crippen LogP contribution < -0.4 is 10.1 Å². The van der Waals surface area contributed by atoms with Crippen LogP contribution in [0.15, 0.2) is 18.2 Å². The number of anilines is 1. The third-order valence-corrected chi connectivity index (χ3v) is 2.48. The summed E-state index contributed by atoms with van der Waals surface area (Å²) in [4.78, 5) is 15.7. The normalized spacial score (nSPS) is 10.3. The van der Waals surface area contributed by atoms with Gasteiger partial charge < -0.3 is 4.74 Å². The highest BCUT2D eigenvalue weighted by molar-refractivity contribution is 6.34. The molecule has 0 aliphatic rings. The Labute approximate surface area is 112 Å². The van der Waals surface area contributed by atoms with E-state index in [1.54, 1.807) is 6.92 Å². The van der Waals surface area contributed by atoms with Gasteiger partial charge >= 0.3 is 6.01 Å². The highest BCUT2D eigenvalue weighted by atomic mass is 35.5. The number of hydrogen-bond acceptors (Lipinski definition) is 4. The lowest BCUT2D eigenvalue weighted by Crippen LogP contribution is -2.15. The molecule has 0 atom stereocenters. The Morgan fingerprint density at radius 1 is 1.58 bits per heavy atom. The minimum absolute atomic E-state index is 0.0158. The smallest absolute Gasteiger partial charge is 0.337 e. The molecule has 0 unspecified atom stereocenters. The largest absolute Gasteiger partial charge is 0.463 e. The molecule has 0 spiro atoms. The molecule has 2 rings (SSSR count). The molecule has 2 N–H and O–H groups in total. The van der Waals surface area contributed by atoms with E-state index in [1.165, 1.54) is 12.1 Å². The molecule has 0 saturated carbocycles. The summed E-state index contributed by atoms with van der Waals surface area (Å²) >= 11 is 5.77. The van der Waals surface area contributed by atoms with Crippen LogP contribution in [-0.2, 0) is 0 Å². The molecule has 0 aliphatic heterocycles. The lowest BCUT2D eigenvalue weighted by atomic mass is 10.2. The minimum atomic E-state index is -0.720. The van der Waals surface area contributed by atoms with E-state index < -0.39 is 11.7 Å². The van der Waals surface area contributed by atoms with Crippen molar-refractivity contribution in [2.45, 2.75) is 6.92 Å². The van der Waals surface area contributed by atoms with E-state index in [0.29, 0.717) is 6.61 Å². The van der Waals surface area contributed by atoms with Crippen molar-refractivity contribution in [1.29, 1.82) is 0 Å². The Hall–Kier alpha value is -2.15. The Bertz CT molecular complexity index is 582. The van der Waals surface area contributed by atoms with Crippen LogP contribution in [0.4, 0.5) is 10.3 Å². The number of rotatable bonds is 4. The summed E-state index contributed by atoms with van der Waals surface area (Å²) in [6.45, 7) is 2.16. The van der Waals surface area contributed by atoms with Crippen LogP contribution in [0.25, 0.3) is 0 Å². The molecule has 8 heteroatoms. The molecule has 0 aliphatic carbocycles. The molecule has 1 amide bonds. The molecule has 6 nitrogen and oxygen atoms in total. The van der Waals surface area contributed by atoms with E-state index >= 15 is 0 Å². The predicted molar refractivity (Wildman–Crippen MR) is 66.9 cm³/mol. The van der Waals surface area contributed by atoms with Crippen LogP contribution in [0, 0.1) is 5.82 Å². The molecule has 1 heterocycles. The van der Waals surface area contributed by atoms with Gasteiger partial charge in [-0.2, -0.15) is 4.98 Å². The third-order valence-electron chi connectivity index (χ3n) is 2.16. The van der Waals surface area contributed by atoms with Gasteiger partial charge in [0.05, 0.1) is 17.2 Å². The SMILES string of the molecule is CCOc1n[nH]c(NC(=O)c2c(F)cccc2Cl)n1. The van der Waals surface area contributed by atoms with Gasteiger partial charge in [0.15, 0.2) is 0 Å². The van der Waals surface area contributed by atoms with E-state index in [1.807, 2.05) is 0 Å². The molecule has 0 radical (unpaired) electrons. The summed E-state index contributed by atoms with van der Waals surface area (Å²) in [7, 11) is 0. The van der Waals surface area contributed by atoms with Gasteiger partial charge in [0.25, 0.3) is 5.91 Å². The zero-order valence-corrected chi connectivity index (χ0v) is 10.7. The van der Waals surface area contributed by atoms with E-state index in [4.69, 9.17) is 16.3 Å². The highest BCUT2D eigenvalue weighted by Crippen LogP contribution is 2.20. The standard InChI is InChI=1S/C11H10ClFN4O2/c1-2-19-11-15-10(16-17-11)14-9(18)8-6(12)4-3-5-7(8)13/h3-5H,2H2,1H3,(H2,14,15,16,17,18). The summed E-state index contributed by atoms with van der Waals surface area (Å²) in [5.74, 6) is -1.38. The lowest BCUT2D eigenvalue weighted by molar-refractivity contribution is 0.102. The molecular formula is C11H10ClFN4O2. The molecular weight excluding hydrogens is 275 g/mol. The minimum Gasteiger partial charge on any atom is -0.463 e. The fraction of sp³-hybridized carbons (Fsp3) is 0.182.